The minimum atomic E-state index is 0.726. The summed E-state index contributed by atoms with van der Waals surface area (Å²) in [4.78, 5) is 10.0. The molecule has 38 heavy (non-hydrogen) atoms. The quantitative estimate of drug-likeness (QED) is 0.269. The van der Waals surface area contributed by atoms with Gasteiger partial charge in [-0.2, -0.15) is 0 Å². The van der Waals surface area contributed by atoms with Crippen molar-refractivity contribution in [1.82, 2.24) is 19.4 Å². The lowest BCUT2D eigenvalue weighted by Crippen LogP contribution is -2.25. The Balaban J connectivity index is 1.22. The maximum Gasteiger partial charge on any atom is 0.141 e. The molecule has 2 saturated heterocycles. The van der Waals surface area contributed by atoms with E-state index in [0.717, 1.165) is 60.2 Å². The Kier molecular flexibility index (Phi) is 7.61. The maximum absolute atomic E-state index is 6.04. The molecule has 2 aliphatic rings. The van der Waals surface area contributed by atoms with E-state index in [0.29, 0.717) is 0 Å². The number of nitrogens with zero attached hydrogens (tertiary/aromatic N) is 4. The molecule has 0 amide bonds. The molecule has 0 atom stereocenters. The molecule has 0 radical (unpaired) electrons. The predicted octanol–water partition coefficient (Wildman–Crippen LogP) is 5.83. The summed E-state index contributed by atoms with van der Waals surface area (Å²) in [5.74, 6) is 2.85. The summed E-state index contributed by atoms with van der Waals surface area (Å²) < 4.78 is 14.2. The Morgan fingerprint density at radius 2 is 1.53 bits per heavy atom. The van der Waals surface area contributed by atoms with Crippen LogP contribution in [0.2, 0.25) is 0 Å². The monoisotopic (exact) mass is 510 g/mol. The van der Waals surface area contributed by atoms with E-state index in [9.17, 15) is 0 Å². The molecule has 6 heteroatoms. The summed E-state index contributed by atoms with van der Waals surface area (Å²) >= 11 is 0. The van der Waals surface area contributed by atoms with E-state index in [2.05, 4.69) is 81.1 Å². The Bertz CT molecular complexity index is 1350. The fourth-order valence-corrected chi connectivity index (χ4v) is 5.84. The van der Waals surface area contributed by atoms with Gasteiger partial charge in [0.2, 0.25) is 0 Å². The third kappa shape index (κ3) is 5.57. The van der Waals surface area contributed by atoms with Crippen molar-refractivity contribution in [1.29, 1.82) is 0 Å². The summed E-state index contributed by atoms with van der Waals surface area (Å²) in [5, 5.41) is 0. The largest absolute Gasteiger partial charge is 0.496 e. The van der Waals surface area contributed by atoms with Gasteiger partial charge in [0.15, 0.2) is 0 Å². The summed E-state index contributed by atoms with van der Waals surface area (Å²) in [6, 6.07) is 23.4. The van der Waals surface area contributed by atoms with Crippen LogP contribution in [-0.4, -0.2) is 65.8 Å². The van der Waals surface area contributed by atoms with E-state index < -0.39 is 0 Å². The lowest BCUT2D eigenvalue weighted by atomic mass is 10.1. The van der Waals surface area contributed by atoms with Crippen LogP contribution < -0.4 is 9.47 Å². The number of aromatic nitrogens is 2. The van der Waals surface area contributed by atoms with E-state index in [1.54, 1.807) is 7.11 Å². The van der Waals surface area contributed by atoms with Gasteiger partial charge in [0.25, 0.3) is 0 Å². The van der Waals surface area contributed by atoms with Crippen LogP contribution in [0.15, 0.2) is 66.7 Å². The molecule has 4 aromatic rings. The Labute approximate surface area is 225 Å². The van der Waals surface area contributed by atoms with Gasteiger partial charge in [-0.25, -0.2) is 4.98 Å². The number of hydrogen-bond donors (Lipinski definition) is 0. The highest BCUT2D eigenvalue weighted by Crippen LogP contribution is 2.29. The van der Waals surface area contributed by atoms with Gasteiger partial charge in [0.05, 0.1) is 18.1 Å². The van der Waals surface area contributed by atoms with Crippen molar-refractivity contribution < 1.29 is 9.47 Å². The second kappa shape index (κ2) is 11.6. The Morgan fingerprint density at radius 3 is 2.29 bits per heavy atom. The topological polar surface area (TPSA) is 42.8 Å². The molecule has 0 aliphatic carbocycles. The van der Waals surface area contributed by atoms with Gasteiger partial charge in [-0.1, -0.05) is 24.3 Å². The molecular formula is C32H38N4O2. The van der Waals surface area contributed by atoms with Crippen molar-refractivity contribution in [3.8, 4) is 22.9 Å². The molecule has 3 aromatic carbocycles. The second-order valence-corrected chi connectivity index (χ2v) is 10.6. The summed E-state index contributed by atoms with van der Waals surface area (Å²) in [5.41, 5.74) is 5.69. The molecule has 2 fully saturated rings. The summed E-state index contributed by atoms with van der Waals surface area (Å²) in [6.45, 7) is 8.16. The van der Waals surface area contributed by atoms with E-state index in [-0.39, 0.29) is 0 Å². The fraction of sp³-hybridized carbons (Fsp3) is 0.406. The number of imidazole rings is 1. The number of ether oxygens (including phenoxy) is 2. The fourth-order valence-electron chi connectivity index (χ4n) is 5.84. The zero-order valence-electron chi connectivity index (χ0n) is 22.4. The molecule has 0 N–H and O–H groups in total. The molecule has 6 rings (SSSR count). The van der Waals surface area contributed by atoms with Crippen LogP contribution in [0.5, 0.6) is 11.5 Å². The van der Waals surface area contributed by atoms with Crippen molar-refractivity contribution >= 4 is 11.0 Å². The standard InChI is InChI=1S/C32H38N4O2/c1-37-31-22-25(10-11-27(31)24-35-18-6-7-19-35)23-36-30-9-3-2-8-29(30)33-32(36)26-12-14-28(15-13-26)38-21-20-34-16-4-5-17-34/h2-3,8-15,22H,4-7,16-21,23-24H2,1H3. The van der Waals surface area contributed by atoms with E-state index >= 15 is 0 Å². The number of methoxy groups -OCH3 is 1. The maximum atomic E-state index is 6.04. The number of rotatable bonds is 10. The average molecular weight is 511 g/mol. The molecule has 0 unspecified atom stereocenters. The average Bonchev–Trinajstić information content (AvgIpc) is 3.73. The first-order valence-electron chi connectivity index (χ1n) is 14.1. The highest BCUT2D eigenvalue weighted by Gasteiger charge is 2.17. The first-order valence-corrected chi connectivity index (χ1v) is 14.1. The van der Waals surface area contributed by atoms with E-state index in [4.69, 9.17) is 14.5 Å². The van der Waals surface area contributed by atoms with Gasteiger partial charge in [-0.05, 0) is 99.9 Å². The van der Waals surface area contributed by atoms with E-state index in [1.807, 2.05) is 0 Å². The van der Waals surface area contributed by atoms with Crippen LogP contribution >= 0.6 is 0 Å². The number of hydrogen-bond acceptors (Lipinski definition) is 5. The Morgan fingerprint density at radius 1 is 0.789 bits per heavy atom. The molecule has 3 heterocycles. The SMILES string of the molecule is COc1cc(Cn2c(-c3ccc(OCCN4CCCC4)cc3)nc3ccccc32)ccc1CN1CCCC1. The van der Waals surface area contributed by atoms with Crippen LogP contribution in [0.3, 0.4) is 0 Å². The molecule has 198 valence electrons. The van der Waals surface area contributed by atoms with Gasteiger partial charge in [0, 0.05) is 30.8 Å². The highest BCUT2D eigenvalue weighted by atomic mass is 16.5. The van der Waals surface area contributed by atoms with Gasteiger partial charge < -0.3 is 14.0 Å². The lowest BCUT2D eigenvalue weighted by molar-refractivity contribution is 0.238. The molecule has 1 aromatic heterocycles. The molecular weight excluding hydrogens is 472 g/mol. The zero-order valence-corrected chi connectivity index (χ0v) is 22.4. The minimum Gasteiger partial charge on any atom is -0.496 e. The van der Waals surface area contributed by atoms with Crippen LogP contribution in [0.4, 0.5) is 0 Å². The van der Waals surface area contributed by atoms with Crippen molar-refractivity contribution in [2.75, 3.05) is 46.4 Å². The highest BCUT2D eigenvalue weighted by molar-refractivity contribution is 5.80. The third-order valence-corrected chi connectivity index (χ3v) is 7.93. The smallest absolute Gasteiger partial charge is 0.141 e. The minimum absolute atomic E-state index is 0.726. The lowest BCUT2D eigenvalue weighted by Gasteiger charge is -2.18. The van der Waals surface area contributed by atoms with Crippen LogP contribution in [0.1, 0.15) is 36.8 Å². The van der Waals surface area contributed by atoms with Gasteiger partial charge >= 0.3 is 0 Å². The summed E-state index contributed by atoms with van der Waals surface area (Å²) in [7, 11) is 1.78. The number of likely N-dealkylation sites (tertiary alicyclic amines) is 2. The first-order chi connectivity index (χ1) is 18.8. The van der Waals surface area contributed by atoms with Gasteiger partial charge in [-0.3, -0.25) is 9.80 Å². The predicted molar refractivity (Wildman–Crippen MR) is 153 cm³/mol. The van der Waals surface area contributed by atoms with Gasteiger partial charge in [0.1, 0.15) is 23.9 Å². The van der Waals surface area contributed by atoms with Gasteiger partial charge in [-0.15, -0.1) is 0 Å². The second-order valence-electron chi connectivity index (χ2n) is 10.6. The number of fused-ring (bicyclic) bond motifs is 1. The Hall–Kier alpha value is -3.35. The normalized spacial score (nSPS) is 16.4. The molecule has 6 nitrogen and oxygen atoms in total. The van der Waals surface area contributed by atoms with Crippen molar-refractivity contribution in [3.05, 3.63) is 77.9 Å². The van der Waals surface area contributed by atoms with Crippen LogP contribution in [-0.2, 0) is 13.1 Å². The molecule has 0 saturated carbocycles. The zero-order chi connectivity index (χ0) is 25.7. The van der Waals surface area contributed by atoms with Crippen molar-refractivity contribution in [3.63, 3.8) is 0 Å². The van der Waals surface area contributed by atoms with Crippen molar-refractivity contribution in [2.24, 2.45) is 0 Å². The summed E-state index contributed by atoms with van der Waals surface area (Å²) in [6.07, 6.45) is 5.21. The first kappa shape index (κ1) is 25.0. The van der Waals surface area contributed by atoms with Crippen LogP contribution in [0.25, 0.3) is 22.4 Å². The van der Waals surface area contributed by atoms with Crippen molar-refractivity contribution in [2.45, 2.75) is 38.8 Å². The molecule has 0 spiro atoms. The van der Waals surface area contributed by atoms with E-state index in [1.165, 1.54) is 63.0 Å². The number of benzene rings is 3. The molecule has 2 aliphatic heterocycles. The number of para-hydroxylation sites is 2. The third-order valence-electron chi connectivity index (χ3n) is 7.93. The molecule has 0 bridgehead atoms. The van der Waals surface area contributed by atoms with Crippen LogP contribution in [0, 0.1) is 0 Å².